The normalized spacial score (nSPS) is 11.3. The van der Waals surface area contributed by atoms with Crippen molar-refractivity contribution >= 4 is 32.4 Å². The number of aromatic nitrogens is 6. The number of benzene rings is 5. The summed E-state index contributed by atoms with van der Waals surface area (Å²) < 4.78 is 0. The van der Waals surface area contributed by atoms with E-state index in [-0.39, 0.29) is 0 Å². The first-order valence-corrected chi connectivity index (χ1v) is 15.8. The average Bonchev–Trinajstić information content (AvgIpc) is 3.18. The number of hydrogen-bond donors (Lipinski definition) is 0. The molecule has 0 unspecified atom stereocenters. The molecule has 0 aliphatic carbocycles. The van der Waals surface area contributed by atoms with Crippen molar-refractivity contribution in [2.45, 2.75) is 0 Å². The van der Waals surface area contributed by atoms with Crippen molar-refractivity contribution in [1.29, 1.82) is 0 Å². The van der Waals surface area contributed by atoms with Gasteiger partial charge in [-0.3, -0.25) is 9.97 Å². The first-order valence-electron chi connectivity index (χ1n) is 15.8. The topological polar surface area (TPSA) is 77.3 Å². The van der Waals surface area contributed by atoms with E-state index in [1.165, 1.54) is 21.5 Å². The van der Waals surface area contributed by atoms with E-state index < -0.39 is 0 Å². The van der Waals surface area contributed by atoms with Gasteiger partial charge in [0.15, 0.2) is 17.5 Å². The molecule has 0 spiro atoms. The second kappa shape index (κ2) is 11.6. The molecule has 0 radical (unpaired) electrons. The van der Waals surface area contributed by atoms with Gasteiger partial charge in [0.1, 0.15) is 0 Å². The molecule has 4 aromatic heterocycles. The molecule has 224 valence electrons. The van der Waals surface area contributed by atoms with Crippen molar-refractivity contribution in [2.24, 2.45) is 0 Å². The zero-order chi connectivity index (χ0) is 31.9. The fourth-order valence-electron chi connectivity index (χ4n) is 6.36. The highest BCUT2D eigenvalue weighted by atomic mass is 15.0. The van der Waals surface area contributed by atoms with E-state index in [9.17, 15) is 0 Å². The Morgan fingerprint density at radius 1 is 0.354 bits per heavy atom. The van der Waals surface area contributed by atoms with Crippen LogP contribution in [0.5, 0.6) is 0 Å². The molecule has 0 amide bonds. The van der Waals surface area contributed by atoms with Gasteiger partial charge in [-0.1, -0.05) is 97.1 Å². The van der Waals surface area contributed by atoms with E-state index in [1.54, 1.807) is 24.8 Å². The van der Waals surface area contributed by atoms with Crippen LogP contribution in [0, 0.1) is 0 Å². The van der Waals surface area contributed by atoms with Gasteiger partial charge in [0.25, 0.3) is 0 Å². The molecule has 5 aromatic carbocycles. The number of hydrogen-bond acceptors (Lipinski definition) is 6. The molecule has 0 atom stereocenters. The molecule has 0 saturated heterocycles. The molecule has 6 heteroatoms. The smallest absolute Gasteiger partial charge is 0.165 e. The van der Waals surface area contributed by atoms with E-state index in [4.69, 9.17) is 19.9 Å². The second-order valence-corrected chi connectivity index (χ2v) is 11.6. The summed E-state index contributed by atoms with van der Waals surface area (Å²) in [6.45, 7) is 0. The summed E-state index contributed by atoms with van der Waals surface area (Å²) in [5.74, 6) is 1.74. The third kappa shape index (κ3) is 4.93. The van der Waals surface area contributed by atoms with Gasteiger partial charge in [0, 0.05) is 63.2 Å². The van der Waals surface area contributed by atoms with Crippen LogP contribution in [-0.2, 0) is 0 Å². The summed E-state index contributed by atoms with van der Waals surface area (Å²) in [7, 11) is 0. The summed E-state index contributed by atoms with van der Waals surface area (Å²) in [4.78, 5) is 28.2. The standard InChI is InChI=1S/C42H26N6/c1-2-11-34-28(7-1)18-19-36-38(34)35-12-3-4-13-37(35)45-39(36)29-16-14-27(15-17-29)31-8-5-9-32(25-31)41-46-40(30-20-23-43-24-21-30)47-42(48-41)33-10-6-22-44-26-33/h1-26H. The van der Waals surface area contributed by atoms with Gasteiger partial charge in [-0.2, -0.15) is 0 Å². The Kier molecular flexibility index (Phi) is 6.68. The fourth-order valence-corrected chi connectivity index (χ4v) is 6.36. The zero-order valence-corrected chi connectivity index (χ0v) is 25.7. The van der Waals surface area contributed by atoms with Gasteiger partial charge in [-0.25, -0.2) is 19.9 Å². The zero-order valence-electron chi connectivity index (χ0n) is 25.7. The SMILES string of the molecule is c1cncc(-c2nc(-c3ccncc3)nc(-c3cccc(-c4ccc(-c5nc6ccccc6c6c5ccc5ccccc56)cc4)c3)n2)c1. The van der Waals surface area contributed by atoms with E-state index in [0.717, 1.165) is 50.0 Å². The van der Waals surface area contributed by atoms with E-state index >= 15 is 0 Å². The number of pyridine rings is 3. The Balaban J connectivity index is 1.13. The lowest BCUT2D eigenvalue weighted by Gasteiger charge is -2.13. The first kappa shape index (κ1) is 27.6. The molecule has 0 bridgehead atoms. The van der Waals surface area contributed by atoms with Gasteiger partial charge < -0.3 is 0 Å². The van der Waals surface area contributed by atoms with Crippen LogP contribution in [0.25, 0.3) is 89.0 Å². The van der Waals surface area contributed by atoms with Crippen LogP contribution >= 0.6 is 0 Å². The van der Waals surface area contributed by atoms with Crippen molar-refractivity contribution in [3.8, 4) is 56.5 Å². The lowest BCUT2D eigenvalue weighted by atomic mass is 9.94. The Morgan fingerprint density at radius 3 is 1.85 bits per heavy atom. The van der Waals surface area contributed by atoms with E-state index in [0.29, 0.717) is 17.5 Å². The maximum atomic E-state index is 5.17. The molecule has 0 fully saturated rings. The minimum Gasteiger partial charge on any atom is -0.265 e. The highest BCUT2D eigenvalue weighted by Gasteiger charge is 2.15. The van der Waals surface area contributed by atoms with Crippen LogP contribution in [0.3, 0.4) is 0 Å². The van der Waals surface area contributed by atoms with Crippen molar-refractivity contribution in [3.63, 3.8) is 0 Å². The Hall–Kier alpha value is -6.66. The van der Waals surface area contributed by atoms with Gasteiger partial charge in [0.2, 0.25) is 0 Å². The monoisotopic (exact) mass is 614 g/mol. The molecule has 0 aliphatic heterocycles. The number of para-hydroxylation sites is 1. The Labute approximate surface area is 276 Å². The Morgan fingerprint density at radius 2 is 1.04 bits per heavy atom. The predicted molar refractivity (Wildman–Crippen MR) is 193 cm³/mol. The van der Waals surface area contributed by atoms with Gasteiger partial charge in [0.05, 0.1) is 11.2 Å². The maximum absolute atomic E-state index is 5.17. The molecule has 0 saturated carbocycles. The van der Waals surface area contributed by atoms with Crippen LogP contribution in [0.15, 0.2) is 158 Å². The van der Waals surface area contributed by atoms with Crippen molar-refractivity contribution in [1.82, 2.24) is 29.9 Å². The van der Waals surface area contributed by atoms with Crippen molar-refractivity contribution < 1.29 is 0 Å². The molecule has 9 aromatic rings. The molecule has 0 aliphatic rings. The minimum atomic E-state index is 0.567. The van der Waals surface area contributed by atoms with Gasteiger partial charge in [-0.05, 0) is 58.3 Å². The molecule has 6 nitrogen and oxygen atoms in total. The van der Waals surface area contributed by atoms with Crippen molar-refractivity contribution in [2.75, 3.05) is 0 Å². The predicted octanol–water partition coefficient (Wildman–Crippen LogP) is 9.85. The van der Waals surface area contributed by atoms with Crippen LogP contribution in [0.1, 0.15) is 0 Å². The number of nitrogens with zero attached hydrogens (tertiary/aromatic N) is 6. The fraction of sp³-hybridized carbons (Fsp3) is 0. The van der Waals surface area contributed by atoms with Crippen LogP contribution < -0.4 is 0 Å². The second-order valence-electron chi connectivity index (χ2n) is 11.6. The average molecular weight is 615 g/mol. The summed E-state index contributed by atoms with van der Waals surface area (Å²) in [6.07, 6.45) is 6.99. The van der Waals surface area contributed by atoms with Crippen molar-refractivity contribution in [3.05, 3.63) is 158 Å². The highest BCUT2D eigenvalue weighted by molar-refractivity contribution is 6.22. The lowest BCUT2D eigenvalue weighted by Crippen LogP contribution is -2.00. The summed E-state index contributed by atoms with van der Waals surface area (Å²) in [6, 6.07) is 46.0. The number of rotatable bonds is 5. The molecular formula is C42H26N6. The molecule has 48 heavy (non-hydrogen) atoms. The third-order valence-corrected chi connectivity index (χ3v) is 8.70. The number of fused-ring (bicyclic) bond motifs is 5. The van der Waals surface area contributed by atoms with E-state index in [1.807, 2.05) is 36.4 Å². The molecule has 4 heterocycles. The third-order valence-electron chi connectivity index (χ3n) is 8.70. The quantitative estimate of drug-likeness (QED) is 0.180. The van der Waals surface area contributed by atoms with Gasteiger partial charge >= 0.3 is 0 Å². The van der Waals surface area contributed by atoms with Crippen LogP contribution in [0.4, 0.5) is 0 Å². The Bertz CT molecular complexity index is 2530. The lowest BCUT2D eigenvalue weighted by molar-refractivity contribution is 1.07. The minimum absolute atomic E-state index is 0.567. The van der Waals surface area contributed by atoms with Crippen LogP contribution in [0.2, 0.25) is 0 Å². The highest BCUT2D eigenvalue weighted by Crippen LogP contribution is 2.37. The largest absolute Gasteiger partial charge is 0.265 e. The molecule has 9 rings (SSSR count). The summed E-state index contributed by atoms with van der Waals surface area (Å²) in [5.41, 5.74) is 7.78. The molecular weight excluding hydrogens is 589 g/mol. The van der Waals surface area contributed by atoms with Crippen LogP contribution in [-0.4, -0.2) is 29.9 Å². The summed E-state index contributed by atoms with van der Waals surface area (Å²) in [5, 5.41) is 6.01. The van der Waals surface area contributed by atoms with Gasteiger partial charge in [-0.15, -0.1) is 0 Å². The molecule has 0 N–H and O–H groups in total. The maximum Gasteiger partial charge on any atom is 0.165 e. The first-order chi connectivity index (χ1) is 23.8. The summed E-state index contributed by atoms with van der Waals surface area (Å²) >= 11 is 0. The van der Waals surface area contributed by atoms with E-state index in [2.05, 4.69) is 107 Å².